The molecule has 4 aromatic rings. The summed E-state index contributed by atoms with van der Waals surface area (Å²) in [6.07, 6.45) is 7.07. The first-order chi connectivity index (χ1) is 24.3. The molecule has 0 radical (unpaired) electrons. The van der Waals surface area contributed by atoms with Crippen LogP contribution in [0.1, 0.15) is 110 Å². The molecule has 272 valence electrons. The highest BCUT2D eigenvalue weighted by Gasteiger charge is 2.47. The first-order valence-corrected chi connectivity index (χ1v) is 19.4. The highest BCUT2D eigenvalue weighted by Crippen LogP contribution is 2.53. The van der Waals surface area contributed by atoms with E-state index in [1.807, 2.05) is 17.0 Å². The Kier molecular flexibility index (Phi) is 9.24. The van der Waals surface area contributed by atoms with Crippen molar-refractivity contribution in [3.05, 3.63) is 64.9 Å². The average Bonchev–Trinajstić information content (AvgIpc) is 3.68. The second kappa shape index (κ2) is 13.4. The van der Waals surface area contributed by atoms with Crippen LogP contribution >= 0.6 is 0 Å². The minimum Gasteiger partial charge on any atom is -0.497 e. The summed E-state index contributed by atoms with van der Waals surface area (Å²) in [5.74, 6) is 1.51. The summed E-state index contributed by atoms with van der Waals surface area (Å²) in [4.78, 5) is 30.4. The van der Waals surface area contributed by atoms with Crippen molar-refractivity contribution in [1.29, 1.82) is 0 Å². The molecule has 7 rings (SSSR count). The Morgan fingerprint density at radius 2 is 1.73 bits per heavy atom. The van der Waals surface area contributed by atoms with Gasteiger partial charge >= 0.3 is 10.2 Å². The maximum Gasteiger partial charge on any atom is 0.303 e. The molecule has 2 fully saturated rings. The number of amides is 2. The van der Waals surface area contributed by atoms with Gasteiger partial charge in [0, 0.05) is 68.6 Å². The molecule has 3 aliphatic rings. The third-order valence-electron chi connectivity index (χ3n) is 11.7. The number of nitrogens with one attached hydrogen (secondary N) is 1. The number of carbonyl (C=O) groups is 2. The second-order valence-corrected chi connectivity index (χ2v) is 16.8. The molecule has 2 amide bonds. The van der Waals surface area contributed by atoms with Gasteiger partial charge in [-0.1, -0.05) is 32.3 Å². The van der Waals surface area contributed by atoms with Crippen molar-refractivity contribution in [2.24, 2.45) is 5.41 Å². The Hall–Kier alpha value is -4.23. The molecule has 12 nitrogen and oxygen atoms in total. The van der Waals surface area contributed by atoms with Crippen LogP contribution in [0.5, 0.6) is 5.75 Å². The average molecular weight is 717 g/mol. The molecule has 2 atom stereocenters. The fourth-order valence-corrected chi connectivity index (χ4v) is 9.05. The van der Waals surface area contributed by atoms with Crippen LogP contribution in [0.4, 0.5) is 0 Å². The van der Waals surface area contributed by atoms with Crippen molar-refractivity contribution in [2.45, 2.75) is 90.0 Å². The topological polar surface area (TPSA) is 140 Å². The monoisotopic (exact) mass is 716 g/mol. The maximum atomic E-state index is 15.0. The third kappa shape index (κ3) is 6.22. The van der Waals surface area contributed by atoms with Gasteiger partial charge in [-0.3, -0.25) is 9.59 Å². The van der Waals surface area contributed by atoms with E-state index in [9.17, 15) is 18.0 Å². The van der Waals surface area contributed by atoms with Gasteiger partial charge in [-0.25, -0.2) is 4.72 Å². The van der Waals surface area contributed by atoms with Crippen LogP contribution in [-0.4, -0.2) is 78.5 Å². The van der Waals surface area contributed by atoms with Crippen LogP contribution < -0.4 is 9.46 Å². The molecule has 1 aliphatic carbocycles. The molecule has 1 saturated carbocycles. The molecular formula is C38H48N6O6S. The van der Waals surface area contributed by atoms with Gasteiger partial charge in [0.15, 0.2) is 0 Å². The van der Waals surface area contributed by atoms with E-state index in [2.05, 4.69) is 45.5 Å². The lowest BCUT2D eigenvalue weighted by atomic mass is 9.72. The van der Waals surface area contributed by atoms with Gasteiger partial charge in [0.25, 0.3) is 5.91 Å². The van der Waals surface area contributed by atoms with Gasteiger partial charge in [0.05, 0.1) is 18.2 Å². The van der Waals surface area contributed by atoms with E-state index in [0.717, 1.165) is 76.3 Å². The van der Waals surface area contributed by atoms with Gasteiger partial charge < -0.3 is 18.6 Å². The molecule has 13 heteroatoms. The predicted molar refractivity (Wildman–Crippen MR) is 194 cm³/mol. The lowest BCUT2D eigenvalue weighted by Gasteiger charge is -2.41. The van der Waals surface area contributed by atoms with E-state index in [-0.39, 0.29) is 23.3 Å². The Morgan fingerprint density at radius 3 is 2.37 bits per heavy atom. The summed E-state index contributed by atoms with van der Waals surface area (Å²) in [5.41, 5.74) is 4.61. The molecule has 2 aliphatic heterocycles. The number of aryl methyl sites for hydroxylation is 1. The highest BCUT2D eigenvalue weighted by atomic mass is 32.2. The number of methoxy groups -OCH3 is 1. The van der Waals surface area contributed by atoms with E-state index in [0.29, 0.717) is 37.3 Å². The van der Waals surface area contributed by atoms with Crippen molar-refractivity contribution in [2.75, 3.05) is 34.3 Å². The first-order valence-electron chi connectivity index (χ1n) is 18.0. The standard InChI is InChI=1S/C38H48N6O6S/c1-23-31-21-28(49-6)13-15-29(31)34-33(25-10-8-7-9-11-25)30-14-12-27(35(45)41-51(47,48)42(4)5)20-32(30)44(34)22-38(23,3)37(46)43-18-16-26(17-19-43)36-40-39-24(2)50-36/h12-15,20-21,23,25-26H,7-11,16-19,22H2,1-6H3,(H,41,45). The number of piperidine rings is 1. The fraction of sp³-hybridized carbons (Fsp3) is 0.526. The Balaban J connectivity index is 1.37. The van der Waals surface area contributed by atoms with Crippen LogP contribution in [-0.2, 0) is 21.5 Å². The molecule has 0 bridgehead atoms. The maximum absolute atomic E-state index is 15.0. The molecule has 2 aromatic heterocycles. The third-order valence-corrected chi connectivity index (χ3v) is 13.1. The Bertz CT molecular complexity index is 2090. The molecule has 0 spiro atoms. The number of nitrogens with zero attached hydrogens (tertiary/aromatic N) is 5. The molecule has 1 saturated heterocycles. The zero-order chi connectivity index (χ0) is 36.2. The van der Waals surface area contributed by atoms with Crippen molar-refractivity contribution in [1.82, 2.24) is 28.7 Å². The lowest BCUT2D eigenvalue weighted by Crippen LogP contribution is -2.49. The Morgan fingerprint density at radius 1 is 1.00 bits per heavy atom. The smallest absolute Gasteiger partial charge is 0.303 e. The zero-order valence-corrected chi connectivity index (χ0v) is 31.2. The zero-order valence-electron chi connectivity index (χ0n) is 30.4. The second-order valence-electron chi connectivity index (χ2n) is 15.0. The molecule has 51 heavy (non-hydrogen) atoms. The normalized spacial score (nSPS) is 21.7. The largest absolute Gasteiger partial charge is 0.497 e. The van der Waals surface area contributed by atoms with Crippen LogP contribution in [0.25, 0.3) is 22.2 Å². The minimum atomic E-state index is -4.00. The number of fused-ring (bicyclic) bond motifs is 5. The first kappa shape index (κ1) is 35.2. The van der Waals surface area contributed by atoms with E-state index < -0.39 is 21.5 Å². The van der Waals surface area contributed by atoms with E-state index in [1.165, 1.54) is 26.1 Å². The van der Waals surface area contributed by atoms with Gasteiger partial charge in [0.2, 0.25) is 17.7 Å². The van der Waals surface area contributed by atoms with Crippen LogP contribution in [0, 0.1) is 12.3 Å². The van der Waals surface area contributed by atoms with Gasteiger partial charge in [-0.15, -0.1) is 10.2 Å². The number of likely N-dealkylation sites (tertiary alicyclic amines) is 1. The predicted octanol–water partition coefficient (Wildman–Crippen LogP) is 6.12. The Labute approximate surface area is 299 Å². The number of carbonyl (C=O) groups excluding carboxylic acids is 2. The summed E-state index contributed by atoms with van der Waals surface area (Å²) in [7, 11) is 0.418. The number of aromatic nitrogens is 3. The minimum absolute atomic E-state index is 0.0730. The highest BCUT2D eigenvalue weighted by molar-refractivity contribution is 7.87. The molecule has 2 unspecified atom stereocenters. The lowest BCUT2D eigenvalue weighted by molar-refractivity contribution is -0.144. The number of rotatable bonds is 7. The van der Waals surface area contributed by atoms with Crippen LogP contribution in [0.3, 0.4) is 0 Å². The summed E-state index contributed by atoms with van der Waals surface area (Å²) >= 11 is 0. The van der Waals surface area contributed by atoms with E-state index in [1.54, 1.807) is 26.2 Å². The SMILES string of the molecule is COc1ccc2c(c1)C(C)C(C)(C(=O)N1CCC(c3nnc(C)o3)CC1)Cn1c-2c(C2CCCCC2)c2ccc(C(=O)NS(=O)(=O)N(C)C)cc21. The van der Waals surface area contributed by atoms with Gasteiger partial charge in [-0.2, -0.15) is 12.7 Å². The molecule has 1 N–H and O–H groups in total. The quantitative estimate of drug-likeness (QED) is 0.241. The van der Waals surface area contributed by atoms with Crippen LogP contribution in [0.2, 0.25) is 0 Å². The van der Waals surface area contributed by atoms with Crippen molar-refractivity contribution >= 4 is 32.9 Å². The van der Waals surface area contributed by atoms with Crippen LogP contribution in [0.15, 0.2) is 40.8 Å². The van der Waals surface area contributed by atoms with Crippen molar-refractivity contribution < 1.29 is 27.2 Å². The number of hydrogen-bond donors (Lipinski definition) is 1. The van der Waals surface area contributed by atoms with Gasteiger partial charge in [-0.05, 0) is 85.9 Å². The van der Waals surface area contributed by atoms with E-state index >= 15 is 0 Å². The summed E-state index contributed by atoms with van der Waals surface area (Å²) in [5, 5.41) is 9.30. The fourth-order valence-electron chi connectivity index (χ4n) is 8.51. The van der Waals surface area contributed by atoms with Crippen molar-refractivity contribution in [3.8, 4) is 17.0 Å². The van der Waals surface area contributed by atoms with Gasteiger partial charge in [0.1, 0.15) is 5.75 Å². The molecule has 2 aromatic carbocycles. The molecule has 4 heterocycles. The summed E-state index contributed by atoms with van der Waals surface area (Å²) < 4.78 is 42.2. The number of benzene rings is 2. The summed E-state index contributed by atoms with van der Waals surface area (Å²) in [6, 6.07) is 11.7. The number of ether oxygens (including phenoxy) is 1. The molecular weight excluding hydrogens is 669 g/mol. The van der Waals surface area contributed by atoms with Crippen molar-refractivity contribution in [3.63, 3.8) is 0 Å². The summed E-state index contributed by atoms with van der Waals surface area (Å²) in [6.45, 7) is 7.54. The number of hydrogen-bond acceptors (Lipinski definition) is 8. The van der Waals surface area contributed by atoms with E-state index in [4.69, 9.17) is 9.15 Å².